The van der Waals surface area contributed by atoms with Crippen LogP contribution in [-0.4, -0.2) is 32.8 Å². The van der Waals surface area contributed by atoms with E-state index in [4.69, 9.17) is 9.16 Å². The molecule has 2 saturated carbocycles. The summed E-state index contributed by atoms with van der Waals surface area (Å²) in [5.41, 5.74) is -1.44. The molecule has 5 heteroatoms. The first kappa shape index (κ1) is 24.2. The standard InChI is InChI=1S/C30H36O4Si/c1-21(2)34-27(32)30-24-17-12-18-29(26(24)30,19-25(30)31)20-33-35(28(3,4)5,22-13-8-6-9-14-22)23-15-10-7-11-16-23/h6-16,18,21,24,26H,17,19-20H2,1-5H3/t24-,26-,29-,30-/m0/s1. The molecule has 0 heterocycles. The molecule has 4 nitrogen and oxygen atoms in total. The maximum absolute atomic E-state index is 13.5. The molecule has 184 valence electrons. The van der Waals surface area contributed by atoms with Gasteiger partial charge in [-0.15, -0.1) is 0 Å². The van der Waals surface area contributed by atoms with Crippen LogP contribution in [0.2, 0.25) is 5.04 Å². The number of hydrogen-bond acceptors (Lipinski definition) is 4. The molecule has 5 rings (SSSR count). The first-order valence-electron chi connectivity index (χ1n) is 12.8. The Morgan fingerprint density at radius 3 is 2.11 bits per heavy atom. The number of ketones is 1. The summed E-state index contributed by atoms with van der Waals surface area (Å²) in [6.07, 6.45) is 5.21. The minimum atomic E-state index is -2.75. The van der Waals surface area contributed by atoms with E-state index in [1.165, 1.54) is 10.4 Å². The van der Waals surface area contributed by atoms with Gasteiger partial charge in [0.15, 0.2) is 5.78 Å². The molecule has 0 aromatic heterocycles. The largest absolute Gasteiger partial charge is 0.462 e. The van der Waals surface area contributed by atoms with Crippen LogP contribution in [0.15, 0.2) is 72.8 Å². The molecule has 2 aromatic carbocycles. The Labute approximate surface area is 209 Å². The Morgan fingerprint density at radius 2 is 1.60 bits per heavy atom. The second-order valence-corrected chi connectivity index (χ2v) is 16.1. The van der Waals surface area contributed by atoms with Crippen molar-refractivity contribution in [3.05, 3.63) is 72.8 Å². The van der Waals surface area contributed by atoms with Gasteiger partial charge >= 0.3 is 5.97 Å². The highest BCUT2D eigenvalue weighted by molar-refractivity contribution is 6.99. The van der Waals surface area contributed by atoms with Crippen molar-refractivity contribution >= 4 is 30.4 Å². The topological polar surface area (TPSA) is 52.6 Å². The van der Waals surface area contributed by atoms with Gasteiger partial charge in [0.2, 0.25) is 0 Å². The predicted octanol–water partition coefficient (Wildman–Crippen LogP) is 4.67. The Hall–Kier alpha value is -2.50. The molecule has 3 aliphatic rings. The predicted molar refractivity (Wildman–Crippen MR) is 140 cm³/mol. The van der Waals surface area contributed by atoms with Gasteiger partial charge in [-0.05, 0) is 47.5 Å². The van der Waals surface area contributed by atoms with Crippen LogP contribution in [0.1, 0.15) is 47.5 Å². The van der Waals surface area contributed by atoms with Crippen molar-refractivity contribution in [3.8, 4) is 0 Å². The molecule has 3 aliphatic carbocycles. The van der Waals surface area contributed by atoms with Crippen LogP contribution in [0.3, 0.4) is 0 Å². The van der Waals surface area contributed by atoms with E-state index < -0.39 is 19.1 Å². The quantitative estimate of drug-likeness (QED) is 0.246. The van der Waals surface area contributed by atoms with Crippen molar-refractivity contribution in [1.29, 1.82) is 0 Å². The number of benzene rings is 2. The molecular formula is C30H36O4Si. The van der Waals surface area contributed by atoms with E-state index in [0.717, 1.165) is 6.42 Å². The number of allylic oxidation sites excluding steroid dienone is 1. The van der Waals surface area contributed by atoms with E-state index in [1.54, 1.807) is 0 Å². The number of esters is 1. The zero-order valence-corrected chi connectivity index (χ0v) is 22.4. The summed E-state index contributed by atoms with van der Waals surface area (Å²) in [5, 5.41) is 2.29. The molecule has 0 unspecified atom stereocenters. The van der Waals surface area contributed by atoms with Gasteiger partial charge in [0, 0.05) is 18.4 Å². The lowest BCUT2D eigenvalue weighted by molar-refractivity contribution is -0.157. The molecule has 0 bridgehead atoms. The van der Waals surface area contributed by atoms with Crippen LogP contribution in [0, 0.1) is 22.7 Å². The Kier molecular flexibility index (Phi) is 5.72. The number of carbonyl (C=O) groups is 2. The van der Waals surface area contributed by atoms with Gasteiger partial charge in [-0.1, -0.05) is 93.6 Å². The summed E-state index contributed by atoms with van der Waals surface area (Å²) >= 11 is 0. The fraction of sp³-hybridized carbons (Fsp3) is 0.467. The molecule has 0 aliphatic heterocycles. The summed E-state index contributed by atoms with van der Waals surface area (Å²) < 4.78 is 12.9. The van der Waals surface area contributed by atoms with Crippen LogP contribution >= 0.6 is 0 Å². The number of fused-ring (bicyclic) bond motifs is 1. The molecule has 2 fully saturated rings. The summed E-state index contributed by atoms with van der Waals surface area (Å²) in [4.78, 5) is 26.7. The van der Waals surface area contributed by atoms with E-state index >= 15 is 0 Å². The average Bonchev–Trinajstić information content (AvgIpc) is 3.43. The van der Waals surface area contributed by atoms with E-state index in [9.17, 15) is 9.59 Å². The van der Waals surface area contributed by atoms with E-state index in [-0.39, 0.29) is 34.7 Å². The third-order valence-corrected chi connectivity index (χ3v) is 13.4. The molecular weight excluding hydrogens is 452 g/mol. The number of hydrogen-bond donors (Lipinski definition) is 0. The minimum Gasteiger partial charge on any atom is -0.462 e. The summed E-state index contributed by atoms with van der Waals surface area (Å²) in [6, 6.07) is 21.1. The van der Waals surface area contributed by atoms with Crippen LogP contribution in [0.5, 0.6) is 0 Å². The third kappa shape index (κ3) is 3.42. The fourth-order valence-corrected chi connectivity index (χ4v) is 11.7. The maximum atomic E-state index is 13.5. The lowest BCUT2D eigenvalue weighted by Gasteiger charge is -2.45. The molecule has 2 aromatic rings. The van der Waals surface area contributed by atoms with Crippen molar-refractivity contribution in [3.63, 3.8) is 0 Å². The normalized spacial score (nSPS) is 29.3. The SMILES string of the molecule is CC(C)OC(=O)[C@]12C(=O)C[C@]3(CO[Si](c4ccccc4)(c4ccccc4)C(C)(C)C)C=CC[C@H]1[C@@H]32. The van der Waals surface area contributed by atoms with Crippen molar-refractivity contribution in [2.24, 2.45) is 22.7 Å². The van der Waals surface area contributed by atoms with Crippen molar-refractivity contribution in [2.45, 2.75) is 58.6 Å². The second kappa shape index (κ2) is 8.28. The van der Waals surface area contributed by atoms with Crippen molar-refractivity contribution in [1.82, 2.24) is 0 Å². The zero-order valence-electron chi connectivity index (χ0n) is 21.4. The van der Waals surface area contributed by atoms with E-state index in [2.05, 4.69) is 81.5 Å². The van der Waals surface area contributed by atoms with Gasteiger partial charge in [0.25, 0.3) is 8.32 Å². The molecule has 4 atom stereocenters. The lowest BCUT2D eigenvalue weighted by atomic mass is 9.77. The van der Waals surface area contributed by atoms with E-state index in [1.807, 2.05) is 26.0 Å². The molecule has 0 N–H and O–H groups in total. The summed E-state index contributed by atoms with van der Waals surface area (Å²) in [5.74, 6) is -0.295. The molecule has 35 heavy (non-hydrogen) atoms. The minimum absolute atomic E-state index is 0.0303. The lowest BCUT2D eigenvalue weighted by Crippen LogP contribution is -2.67. The molecule has 0 radical (unpaired) electrons. The van der Waals surface area contributed by atoms with Gasteiger partial charge in [-0.2, -0.15) is 0 Å². The highest BCUT2D eigenvalue weighted by Gasteiger charge is 2.84. The van der Waals surface area contributed by atoms with Crippen molar-refractivity contribution < 1.29 is 18.8 Å². The van der Waals surface area contributed by atoms with Gasteiger partial charge in [0.05, 0.1) is 6.10 Å². The Bertz CT molecular complexity index is 1110. The smallest absolute Gasteiger partial charge is 0.320 e. The molecule has 0 spiro atoms. The summed E-state index contributed by atoms with van der Waals surface area (Å²) in [6.45, 7) is 10.9. The van der Waals surface area contributed by atoms with Crippen LogP contribution in [-0.2, 0) is 18.8 Å². The second-order valence-electron chi connectivity index (χ2n) is 11.8. The van der Waals surface area contributed by atoms with Gasteiger partial charge in [-0.25, -0.2) is 0 Å². The first-order valence-corrected chi connectivity index (χ1v) is 14.7. The number of carbonyl (C=O) groups excluding carboxylic acids is 2. The fourth-order valence-electron chi connectivity index (χ4n) is 7.08. The molecule has 0 saturated heterocycles. The first-order chi connectivity index (χ1) is 16.6. The van der Waals surface area contributed by atoms with Crippen molar-refractivity contribution in [2.75, 3.05) is 6.61 Å². The van der Waals surface area contributed by atoms with Gasteiger partial charge in [-0.3, -0.25) is 9.59 Å². The number of Topliss-reactive ketones (excluding diaryl/α,β-unsaturated/α-hetero) is 1. The molecule has 0 amide bonds. The highest BCUT2D eigenvalue weighted by atomic mass is 28.4. The highest BCUT2D eigenvalue weighted by Crippen LogP contribution is 2.77. The van der Waals surface area contributed by atoms with Crippen LogP contribution in [0.4, 0.5) is 0 Å². The Morgan fingerprint density at radius 1 is 1.03 bits per heavy atom. The number of ether oxygens (including phenoxy) is 1. The van der Waals surface area contributed by atoms with Crippen LogP contribution in [0.25, 0.3) is 0 Å². The third-order valence-electron chi connectivity index (χ3n) is 8.43. The summed E-state index contributed by atoms with van der Waals surface area (Å²) in [7, 11) is -2.75. The monoisotopic (exact) mass is 488 g/mol. The maximum Gasteiger partial charge on any atom is 0.320 e. The zero-order chi connectivity index (χ0) is 25.1. The number of rotatable bonds is 7. The van der Waals surface area contributed by atoms with E-state index in [0.29, 0.717) is 13.0 Å². The van der Waals surface area contributed by atoms with Crippen LogP contribution < -0.4 is 10.4 Å². The van der Waals surface area contributed by atoms with Gasteiger partial charge < -0.3 is 9.16 Å². The van der Waals surface area contributed by atoms with Gasteiger partial charge in [0.1, 0.15) is 5.41 Å². The average molecular weight is 489 g/mol. The Balaban J connectivity index is 1.56.